The first-order chi connectivity index (χ1) is 21.1. The predicted octanol–water partition coefficient (Wildman–Crippen LogP) is 7.54. The van der Waals surface area contributed by atoms with Crippen LogP contribution in [0.3, 0.4) is 0 Å². The number of oxime groups is 2. The Hall–Kier alpha value is -4.56. The van der Waals surface area contributed by atoms with Crippen molar-refractivity contribution in [3.63, 3.8) is 0 Å². The number of hydrogen-bond donors (Lipinski definition) is 0. The lowest BCUT2D eigenvalue weighted by Gasteiger charge is -2.38. The second-order valence-corrected chi connectivity index (χ2v) is 13.0. The summed E-state index contributed by atoms with van der Waals surface area (Å²) in [4.78, 5) is 26.3. The molecule has 44 heavy (non-hydrogen) atoms. The predicted molar refractivity (Wildman–Crippen MR) is 173 cm³/mol. The molecule has 0 N–H and O–H groups in total. The average molecular weight is 604 g/mol. The Balaban J connectivity index is 1.43. The number of carbonyl (C=O) groups excluding carboxylic acids is 1. The maximum Gasteiger partial charge on any atom is 0.358 e. The summed E-state index contributed by atoms with van der Waals surface area (Å²) in [6, 6.07) is 27.5. The Labute approximate surface area is 261 Å². The molecular formula is C36H33N3O4S. The summed E-state index contributed by atoms with van der Waals surface area (Å²) in [5.41, 5.74) is 10.0. The van der Waals surface area contributed by atoms with E-state index in [1.54, 1.807) is 4.31 Å². The van der Waals surface area contributed by atoms with Crippen LogP contribution in [-0.4, -0.2) is 22.4 Å². The zero-order valence-electron chi connectivity index (χ0n) is 25.5. The summed E-state index contributed by atoms with van der Waals surface area (Å²) in [6.45, 7) is 12.3. The number of aryl methyl sites for hydroxylation is 6. The fourth-order valence-corrected chi connectivity index (χ4v) is 8.27. The molecule has 3 aliphatic heterocycles. The first-order valence-electron chi connectivity index (χ1n) is 14.7. The van der Waals surface area contributed by atoms with Gasteiger partial charge in [0.25, 0.3) is 11.8 Å². The van der Waals surface area contributed by atoms with Crippen LogP contribution in [0.5, 0.6) is 0 Å². The molecule has 1 amide bonds. The molecule has 7 rings (SSSR count). The molecule has 3 heterocycles. The molecule has 8 heteroatoms. The van der Waals surface area contributed by atoms with Gasteiger partial charge in [-0.1, -0.05) is 89.1 Å². The maximum absolute atomic E-state index is 14.7. The highest BCUT2D eigenvalue weighted by molar-refractivity contribution is 8.03. The Morgan fingerprint density at radius 3 is 1.84 bits per heavy atom. The molecule has 0 bridgehead atoms. The molecule has 4 aromatic carbocycles. The van der Waals surface area contributed by atoms with Gasteiger partial charge >= 0.3 is 10.7 Å². The van der Waals surface area contributed by atoms with E-state index in [4.69, 9.17) is 14.4 Å². The number of anilines is 1. The van der Waals surface area contributed by atoms with Crippen molar-refractivity contribution in [2.75, 3.05) is 4.31 Å². The number of ether oxygens (including phenoxy) is 1. The van der Waals surface area contributed by atoms with Crippen LogP contribution in [0.2, 0.25) is 0 Å². The number of para-hydroxylation sites is 1. The van der Waals surface area contributed by atoms with Crippen molar-refractivity contribution in [2.45, 2.75) is 52.3 Å². The van der Waals surface area contributed by atoms with Gasteiger partial charge in [-0.15, -0.1) is 0 Å². The highest BCUT2D eigenvalue weighted by Crippen LogP contribution is 2.63. The van der Waals surface area contributed by atoms with Gasteiger partial charge in [0.1, 0.15) is 11.6 Å². The lowest BCUT2D eigenvalue weighted by Crippen LogP contribution is -2.55. The Morgan fingerprint density at radius 2 is 1.25 bits per heavy atom. The highest BCUT2D eigenvalue weighted by atomic mass is 32.2. The van der Waals surface area contributed by atoms with Gasteiger partial charge in [-0.05, 0) is 81.1 Å². The van der Waals surface area contributed by atoms with Crippen molar-refractivity contribution < 1.29 is 19.2 Å². The molecule has 222 valence electrons. The summed E-state index contributed by atoms with van der Waals surface area (Å²) in [5, 5.41) is 9.26. The fourth-order valence-electron chi connectivity index (χ4n) is 6.87. The zero-order valence-corrected chi connectivity index (χ0v) is 26.4. The van der Waals surface area contributed by atoms with Gasteiger partial charge in [0.05, 0.1) is 5.69 Å². The van der Waals surface area contributed by atoms with Crippen LogP contribution in [0.25, 0.3) is 0 Å². The number of carbonyl (C=O) groups is 1. The molecule has 0 radical (unpaired) electrons. The number of fused-ring (bicyclic) bond motifs is 1. The maximum atomic E-state index is 14.7. The minimum Gasteiger partial charge on any atom is -0.421 e. The van der Waals surface area contributed by atoms with E-state index in [0.29, 0.717) is 17.2 Å². The van der Waals surface area contributed by atoms with Gasteiger partial charge in [-0.2, -0.15) is 0 Å². The molecule has 0 spiro atoms. The normalized spacial score (nSPS) is 23.9. The monoisotopic (exact) mass is 603 g/mol. The minimum absolute atomic E-state index is 0.171. The highest BCUT2D eigenvalue weighted by Gasteiger charge is 2.78. The van der Waals surface area contributed by atoms with E-state index in [0.717, 1.165) is 50.2 Å². The summed E-state index contributed by atoms with van der Waals surface area (Å²) in [7, 11) is 0. The van der Waals surface area contributed by atoms with Crippen molar-refractivity contribution in [1.29, 1.82) is 0 Å². The molecule has 0 aromatic heterocycles. The van der Waals surface area contributed by atoms with Gasteiger partial charge in [0.15, 0.2) is 0 Å². The molecular weight excluding hydrogens is 570 g/mol. The molecule has 3 unspecified atom stereocenters. The molecule has 4 aromatic rings. The van der Waals surface area contributed by atoms with E-state index in [1.807, 2.05) is 88.4 Å². The third-order valence-corrected chi connectivity index (χ3v) is 9.96. The van der Waals surface area contributed by atoms with Crippen LogP contribution < -0.4 is 4.31 Å². The zero-order chi connectivity index (χ0) is 30.8. The Kier molecular flexibility index (Phi) is 6.59. The van der Waals surface area contributed by atoms with E-state index in [2.05, 4.69) is 48.4 Å². The third-order valence-electron chi connectivity index (χ3n) is 8.53. The fraction of sp³-hybridized carbons (Fsp3) is 0.250. The second kappa shape index (κ2) is 10.3. The molecule has 1 fully saturated rings. The van der Waals surface area contributed by atoms with Crippen LogP contribution >= 0.6 is 11.9 Å². The lowest BCUT2D eigenvalue weighted by molar-refractivity contribution is -0.258. The van der Waals surface area contributed by atoms with E-state index in [9.17, 15) is 4.79 Å². The molecule has 0 aliphatic carbocycles. The van der Waals surface area contributed by atoms with E-state index in [-0.39, 0.29) is 5.91 Å². The minimum atomic E-state index is -1.65. The van der Waals surface area contributed by atoms with Gasteiger partial charge in [0.2, 0.25) is 0 Å². The third kappa shape index (κ3) is 4.08. The molecule has 0 saturated carbocycles. The Bertz CT molecular complexity index is 1830. The SMILES string of the molecule is Cc1cc(C)c(C2=NOC(c3ccccc3)(C34ON=C(c5c(C)cc(C)cc5C)C3C(=O)N(c3ccccc3)S4)O2)c(C)c1. The van der Waals surface area contributed by atoms with Crippen LogP contribution in [0, 0.1) is 47.5 Å². The van der Waals surface area contributed by atoms with E-state index < -0.39 is 16.6 Å². The quantitative estimate of drug-likeness (QED) is 0.220. The second-order valence-electron chi connectivity index (χ2n) is 11.8. The number of hydrogen-bond acceptors (Lipinski definition) is 7. The van der Waals surface area contributed by atoms with Crippen LogP contribution in [0.15, 0.2) is 95.2 Å². The van der Waals surface area contributed by atoms with Crippen LogP contribution in [0.1, 0.15) is 50.1 Å². The smallest absolute Gasteiger partial charge is 0.358 e. The van der Waals surface area contributed by atoms with Crippen molar-refractivity contribution >= 4 is 35.2 Å². The Morgan fingerprint density at radius 1 is 0.705 bits per heavy atom. The van der Waals surface area contributed by atoms with E-state index >= 15 is 0 Å². The van der Waals surface area contributed by atoms with Crippen molar-refractivity contribution in [1.82, 2.24) is 0 Å². The number of benzene rings is 4. The average Bonchev–Trinajstić information content (AvgIpc) is 3.67. The number of rotatable bonds is 5. The molecule has 1 saturated heterocycles. The van der Waals surface area contributed by atoms with Crippen molar-refractivity contribution in [3.8, 4) is 0 Å². The summed E-state index contributed by atoms with van der Waals surface area (Å²) in [6.07, 6.45) is 0. The van der Waals surface area contributed by atoms with Gasteiger partial charge in [0, 0.05) is 28.6 Å². The topological polar surface area (TPSA) is 72.7 Å². The summed E-state index contributed by atoms with van der Waals surface area (Å²) in [5.74, 6) is -2.36. The molecule has 3 atom stereocenters. The largest absolute Gasteiger partial charge is 0.421 e. The number of nitrogens with zero attached hydrogens (tertiary/aromatic N) is 3. The molecule has 7 nitrogen and oxygen atoms in total. The van der Waals surface area contributed by atoms with Crippen LogP contribution in [0.4, 0.5) is 5.69 Å². The van der Waals surface area contributed by atoms with Gasteiger partial charge in [-0.25, -0.2) is 4.31 Å². The van der Waals surface area contributed by atoms with Crippen LogP contribution in [-0.2, 0) is 25.0 Å². The first-order valence-corrected chi connectivity index (χ1v) is 15.4. The van der Waals surface area contributed by atoms with Crippen molar-refractivity contribution in [2.24, 2.45) is 16.2 Å². The first kappa shape index (κ1) is 28.2. The number of amides is 1. The van der Waals surface area contributed by atoms with Gasteiger partial charge in [-0.3, -0.25) is 4.79 Å². The summed E-state index contributed by atoms with van der Waals surface area (Å²) < 4.78 is 8.61. The lowest BCUT2D eigenvalue weighted by atomic mass is 9.81. The summed E-state index contributed by atoms with van der Waals surface area (Å²) >= 11 is 1.23. The van der Waals surface area contributed by atoms with Crippen molar-refractivity contribution in [3.05, 3.63) is 135 Å². The van der Waals surface area contributed by atoms with E-state index in [1.165, 1.54) is 11.9 Å². The van der Waals surface area contributed by atoms with Gasteiger partial charge < -0.3 is 14.4 Å². The standard InChI is InChI=1S/C36H33N3O4S/c1-21-17-23(3)29(24(4)18-21)32-31-34(40)39(28-15-11-8-12-16-28)44-36(31,43-37-32)35(27-13-9-7-10-14-27)41-33(38-42-35)30-25(5)19-22(2)20-26(30)6/h7-20,31H,1-6H3. The molecule has 3 aliphatic rings.